The first-order chi connectivity index (χ1) is 23.9. The number of pyridine rings is 1. The van der Waals surface area contributed by atoms with E-state index in [2.05, 4.69) is 158 Å². The minimum Gasteiger partial charge on any atom is -0.309 e. The smallest absolute Gasteiger partial charge is 0.188 e. The molecule has 0 aliphatic rings. The number of aromatic nitrogens is 2. The summed E-state index contributed by atoms with van der Waals surface area (Å²) in [5.41, 5.74) is 10.7. The molecule has 0 unspecified atom stereocenters. The first-order valence-electron chi connectivity index (χ1n) is 16.8. The SMILES string of the molecule is [C-]#[N+]c1ccc2c(c1)c1cc(-c3c4ccccc4c(-c4ccc5ccccc5n4)c4ccc(C(C)(C)C)cc34)ccc1n2-c1ccccc1. The van der Waals surface area contributed by atoms with Crippen LogP contribution < -0.4 is 0 Å². The molecule has 9 aromatic rings. The molecule has 232 valence electrons. The van der Waals surface area contributed by atoms with Crippen LogP contribution >= 0.6 is 0 Å². The first kappa shape index (κ1) is 28.9. The van der Waals surface area contributed by atoms with Crippen molar-refractivity contribution in [2.75, 3.05) is 0 Å². The summed E-state index contributed by atoms with van der Waals surface area (Å²) in [6.45, 7) is 14.6. The average molecular weight is 628 g/mol. The molecule has 0 saturated heterocycles. The second-order valence-electron chi connectivity index (χ2n) is 13.9. The van der Waals surface area contributed by atoms with Crippen LogP contribution in [0.1, 0.15) is 26.3 Å². The molecule has 7 aromatic carbocycles. The molecule has 0 bridgehead atoms. The summed E-state index contributed by atoms with van der Waals surface area (Å²) in [5.74, 6) is 0. The number of nitrogens with zero attached hydrogens (tertiary/aromatic N) is 3. The summed E-state index contributed by atoms with van der Waals surface area (Å²) in [7, 11) is 0. The van der Waals surface area contributed by atoms with Gasteiger partial charge in [0.1, 0.15) is 0 Å². The van der Waals surface area contributed by atoms with E-state index >= 15 is 0 Å². The molecule has 0 saturated carbocycles. The van der Waals surface area contributed by atoms with Crippen molar-refractivity contribution in [3.63, 3.8) is 0 Å². The molecule has 0 atom stereocenters. The molecule has 0 fully saturated rings. The minimum atomic E-state index is -0.0261. The third kappa shape index (κ3) is 4.60. The molecule has 2 heterocycles. The number of para-hydroxylation sites is 2. The molecule has 0 aliphatic heterocycles. The fourth-order valence-corrected chi connectivity index (χ4v) is 7.53. The lowest BCUT2D eigenvalue weighted by Crippen LogP contribution is -2.10. The van der Waals surface area contributed by atoms with E-state index < -0.39 is 0 Å². The third-order valence-corrected chi connectivity index (χ3v) is 9.93. The first-order valence-corrected chi connectivity index (χ1v) is 16.8. The summed E-state index contributed by atoms with van der Waals surface area (Å²) < 4.78 is 2.31. The van der Waals surface area contributed by atoms with Crippen LogP contribution in [0.2, 0.25) is 0 Å². The van der Waals surface area contributed by atoms with Crippen LogP contribution in [0.15, 0.2) is 146 Å². The predicted octanol–water partition coefficient (Wildman–Crippen LogP) is 12.8. The fourth-order valence-electron chi connectivity index (χ4n) is 7.53. The van der Waals surface area contributed by atoms with Crippen LogP contribution in [0, 0.1) is 6.57 Å². The lowest BCUT2D eigenvalue weighted by atomic mass is 9.81. The van der Waals surface area contributed by atoms with Crippen LogP contribution in [0.5, 0.6) is 0 Å². The van der Waals surface area contributed by atoms with Crippen LogP contribution in [-0.2, 0) is 5.41 Å². The van der Waals surface area contributed by atoms with Gasteiger partial charge in [-0.15, -0.1) is 0 Å². The molecule has 0 aliphatic carbocycles. The number of hydrogen-bond donors (Lipinski definition) is 0. The zero-order chi connectivity index (χ0) is 33.3. The third-order valence-electron chi connectivity index (χ3n) is 9.93. The Kier molecular flexibility index (Phi) is 6.44. The van der Waals surface area contributed by atoms with Crippen molar-refractivity contribution in [1.82, 2.24) is 9.55 Å². The summed E-state index contributed by atoms with van der Waals surface area (Å²) in [5, 5.41) is 8.12. The fraction of sp³-hybridized carbons (Fsp3) is 0.0870. The van der Waals surface area contributed by atoms with Gasteiger partial charge < -0.3 is 4.57 Å². The quantitative estimate of drug-likeness (QED) is 0.141. The Morgan fingerprint density at radius 1 is 0.551 bits per heavy atom. The number of fused-ring (bicyclic) bond motifs is 6. The molecule has 0 spiro atoms. The lowest BCUT2D eigenvalue weighted by Gasteiger charge is -2.23. The van der Waals surface area contributed by atoms with Crippen LogP contribution in [0.3, 0.4) is 0 Å². The predicted molar refractivity (Wildman–Crippen MR) is 207 cm³/mol. The van der Waals surface area contributed by atoms with Crippen molar-refractivity contribution >= 4 is 59.9 Å². The van der Waals surface area contributed by atoms with Crippen molar-refractivity contribution in [3.05, 3.63) is 163 Å². The monoisotopic (exact) mass is 627 g/mol. The molecule has 2 aromatic heterocycles. The Bertz CT molecular complexity index is 2810. The Morgan fingerprint density at radius 2 is 1.22 bits per heavy atom. The van der Waals surface area contributed by atoms with Crippen molar-refractivity contribution < 1.29 is 0 Å². The average Bonchev–Trinajstić information content (AvgIpc) is 3.46. The molecule has 0 amide bonds. The van der Waals surface area contributed by atoms with Crippen LogP contribution in [0.25, 0.3) is 87.2 Å². The number of rotatable bonds is 3. The molecule has 0 N–H and O–H groups in total. The molecular weight excluding hydrogens is 595 g/mol. The van der Waals surface area contributed by atoms with Gasteiger partial charge in [0, 0.05) is 22.0 Å². The van der Waals surface area contributed by atoms with Crippen molar-refractivity contribution in [2.45, 2.75) is 26.2 Å². The van der Waals surface area contributed by atoms with E-state index in [0.717, 1.165) is 55.2 Å². The lowest BCUT2D eigenvalue weighted by molar-refractivity contribution is 0.591. The molecule has 9 rings (SSSR count). The van der Waals surface area contributed by atoms with Gasteiger partial charge in [-0.25, -0.2) is 9.83 Å². The maximum absolute atomic E-state index is 7.77. The maximum atomic E-state index is 7.77. The van der Waals surface area contributed by atoms with Gasteiger partial charge in [-0.2, -0.15) is 0 Å². The van der Waals surface area contributed by atoms with E-state index in [4.69, 9.17) is 11.6 Å². The van der Waals surface area contributed by atoms with E-state index in [0.29, 0.717) is 5.69 Å². The Labute approximate surface area is 285 Å². The zero-order valence-corrected chi connectivity index (χ0v) is 27.7. The largest absolute Gasteiger partial charge is 0.309 e. The highest BCUT2D eigenvalue weighted by atomic mass is 15.0. The highest BCUT2D eigenvalue weighted by Crippen LogP contribution is 2.46. The highest BCUT2D eigenvalue weighted by Gasteiger charge is 2.22. The van der Waals surface area contributed by atoms with Gasteiger partial charge >= 0.3 is 0 Å². The highest BCUT2D eigenvalue weighted by molar-refractivity contribution is 6.22. The van der Waals surface area contributed by atoms with E-state index in [9.17, 15) is 0 Å². The number of benzene rings is 7. The zero-order valence-electron chi connectivity index (χ0n) is 27.7. The topological polar surface area (TPSA) is 22.2 Å². The normalized spacial score (nSPS) is 12.0. The number of hydrogen-bond acceptors (Lipinski definition) is 1. The van der Waals surface area contributed by atoms with E-state index in [1.807, 2.05) is 18.2 Å². The van der Waals surface area contributed by atoms with Gasteiger partial charge in [-0.1, -0.05) is 112 Å². The van der Waals surface area contributed by atoms with Crippen molar-refractivity contribution in [3.8, 4) is 28.1 Å². The summed E-state index contributed by atoms with van der Waals surface area (Å²) in [6, 6.07) is 51.8. The van der Waals surface area contributed by atoms with Gasteiger partial charge in [0.25, 0.3) is 0 Å². The Morgan fingerprint density at radius 3 is 2.00 bits per heavy atom. The maximum Gasteiger partial charge on any atom is 0.188 e. The van der Waals surface area contributed by atoms with E-state index in [1.165, 1.54) is 32.7 Å². The molecule has 0 radical (unpaired) electrons. The Balaban J connectivity index is 1.40. The minimum absolute atomic E-state index is 0.0261. The molecular formula is C46H33N3. The van der Waals surface area contributed by atoms with E-state index in [1.54, 1.807) is 0 Å². The van der Waals surface area contributed by atoms with Gasteiger partial charge in [0.05, 0.1) is 28.8 Å². The summed E-state index contributed by atoms with van der Waals surface area (Å²) in [6.07, 6.45) is 0. The van der Waals surface area contributed by atoms with Crippen LogP contribution in [-0.4, -0.2) is 9.55 Å². The van der Waals surface area contributed by atoms with E-state index in [-0.39, 0.29) is 5.41 Å². The van der Waals surface area contributed by atoms with Gasteiger partial charge in [-0.05, 0) is 104 Å². The summed E-state index contributed by atoms with van der Waals surface area (Å²) in [4.78, 5) is 9.01. The standard InChI is InChI=1S/C46H33N3/c1-46(2,3)31-20-22-36-39(27-31)44(34-15-9-10-16-35(34)45(36)41-23-18-29-12-8-11-17-40(29)48-41)30-19-24-42-37(26-30)38-28-32(47-4)21-25-43(38)49(42)33-13-6-5-7-14-33/h5-28H,1-3H3. The second-order valence-corrected chi connectivity index (χ2v) is 13.9. The molecule has 3 nitrogen and oxygen atoms in total. The molecule has 3 heteroatoms. The van der Waals surface area contributed by atoms with Crippen molar-refractivity contribution in [2.24, 2.45) is 0 Å². The second kappa shape index (κ2) is 10.9. The van der Waals surface area contributed by atoms with Gasteiger partial charge in [0.15, 0.2) is 5.69 Å². The van der Waals surface area contributed by atoms with Gasteiger partial charge in [0.2, 0.25) is 0 Å². The molecule has 49 heavy (non-hydrogen) atoms. The van der Waals surface area contributed by atoms with Crippen molar-refractivity contribution in [1.29, 1.82) is 0 Å². The van der Waals surface area contributed by atoms with Gasteiger partial charge in [-0.3, -0.25) is 0 Å². The summed E-state index contributed by atoms with van der Waals surface area (Å²) >= 11 is 0. The Hall–Kier alpha value is -6.24. The van der Waals surface area contributed by atoms with Crippen LogP contribution in [0.4, 0.5) is 5.69 Å².